The second kappa shape index (κ2) is 13.4. The van der Waals surface area contributed by atoms with Gasteiger partial charge in [0.05, 0.1) is 0 Å². The molecule has 0 aliphatic carbocycles. The van der Waals surface area contributed by atoms with Crippen LogP contribution < -0.4 is 5.32 Å². The van der Waals surface area contributed by atoms with Crippen LogP contribution in [-0.4, -0.2) is 0 Å². The summed E-state index contributed by atoms with van der Waals surface area (Å²) in [5.41, 5.74) is 14.5. The normalized spacial score (nSPS) is 11.8. The molecule has 0 saturated heterocycles. The summed E-state index contributed by atoms with van der Waals surface area (Å²) < 4.78 is 6.72. The molecule has 56 heavy (non-hydrogen) atoms. The molecular formula is C54H41NO. The number of fused-ring (bicyclic) bond motifs is 5. The average molecular weight is 720 g/mol. The van der Waals surface area contributed by atoms with Gasteiger partial charge in [-0.05, 0) is 103 Å². The molecule has 0 bridgehead atoms. The molecule has 1 heterocycles. The van der Waals surface area contributed by atoms with Crippen LogP contribution in [0.1, 0.15) is 26.3 Å². The third-order valence-corrected chi connectivity index (χ3v) is 11.2. The largest absolute Gasteiger partial charge is 0.455 e. The molecule has 268 valence electrons. The van der Waals surface area contributed by atoms with Crippen molar-refractivity contribution in [1.29, 1.82) is 0 Å². The minimum atomic E-state index is -0.0257. The van der Waals surface area contributed by atoms with Crippen molar-refractivity contribution in [2.24, 2.45) is 0 Å². The molecule has 0 spiro atoms. The Morgan fingerprint density at radius 1 is 0.375 bits per heavy atom. The SMILES string of the molecule is CC(C)(C)c1cccc2c1oc1c(-c3ccc(Nc4ccc(-c5ccc6ccccc6c5)cc4-c4cc5ccccc5cc4-c4ccccc4)cc3)cccc12. The lowest BCUT2D eigenvalue weighted by Crippen LogP contribution is -2.10. The maximum Gasteiger partial charge on any atom is 0.143 e. The fourth-order valence-corrected chi connectivity index (χ4v) is 8.27. The number of hydrogen-bond donors (Lipinski definition) is 1. The van der Waals surface area contributed by atoms with Crippen LogP contribution >= 0.6 is 0 Å². The number of furan rings is 1. The van der Waals surface area contributed by atoms with E-state index in [1.54, 1.807) is 0 Å². The van der Waals surface area contributed by atoms with E-state index in [0.29, 0.717) is 0 Å². The van der Waals surface area contributed by atoms with Gasteiger partial charge >= 0.3 is 0 Å². The quantitative estimate of drug-likeness (QED) is 0.185. The minimum Gasteiger partial charge on any atom is -0.455 e. The number of benzene rings is 9. The van der Waals surface area contributed by atoms with E-state index in [2.05, 4.69) is 214 Å². The fraction of sp³-hybridized carbons (Fsp3) is 0.0741. The van der Waals surface area contributed by atoms with E-state index in [1.807, 2.05) is 0 Å². The second-order valence-electron chi connectivity index (χ2n) is 15.9. The summed E-state index contributed by atoms with van der Waals surface area (Å²) in [6, 6.07) is 68.0. The van der Waals surface area contributed by atoms with E-state index in [4.69, 9.17) is 4.42 Å². The average Bonchev–Trinajstić information content (AvgIpc) is 3.63. The van der Waals surface area contributed by atoms with Gasteiger partial charge in [0.15, 0.2) is 0 Å². The molecule has 9 aromatic carbocycles. The van der Waals surface area contributed by atoms with E-state index in [-0.39, 0.29) is 5.41 Å². The Balaban J connectivity index is 1.09. The topological polar surface area (TPSA) is 25.2 Å². The van der Waals surface area contributed by atoms with Gasteiger partial charge in [-0.2, -0.15) is 0 Å². The van der Waals surface area contributed by atoms with Gasteiger partial charge in [-0.3, -0.25) is 0 Å². The third-order valence-electron chi connectivity index (χ3n) is 11.2. The van der Waals surface area contributed by atoms with Gasteiger partial charge in [0.25, 0.3) is 0 Å². The Morgan fingerprint density at radius 2 is 0.946 bits per heavy atom. The van der Waals surface area contributed by atoms with E-state index >= 15 is 0 Å². The van der Waals surface area contributed by atoms with Crippen molar-refractivity contribution < 1.29 is 4.42 Å². The van der Waals surface area contributed by atoms with Gasteiger partial charge in [0.2, 0.25) is 0 Å². The van der Waals surface area contributed by atoms with Crippen LogP contribution in [0.3, 0.4) is 0 Å². The molecule has 0 fully saturated rings. The molecule has 2 nitrogen and oxygen atoms in total. The standard InChI is InChI=1S/C54H41NO/c1-54(2,3)50-22-12-21-46-45-20-11-19-44(52(45)56-53(46)50)37-25-28-43(29-26-37)55-51-30-27-42(41-24-23-35-13-7-8-16-38(35)31-41)34-49(51)48-33-40-18-10-9-17-39(40)32-47(48)36-14-5-4-6-15-36/h4-34,55H,1-3H3. The Hall–Kier alpha value is -6.90. The van der Waals surface area contributed by atoms with Crippen molar-refractivity contribution in [3.05, 3.63) is 194 Å². The summed E-state index contributed by atoms with van der Waals surface area (Å²) in [7, 11) is 0. The highest BCUT2D eigenvalue weighted by Crippen LogP contribution is 2.43. The summed E-state index contributed by atoms with van der Waals surface area (Å²) in [5.74, 6) is 0. The summed E-state index contributed by atoms with van der Waals surface area (Å²) in [6.07, 6.45) is 0. The first kappa shape index (κ1) is 33.7. The highest BCUT2D eigenvalue weighted by Gasteiger charge is 2.22. The monoisotopic (exact) mass is 719 g/mol. The van der Waals surface area contributed by atoms with Gasteiger partial charge in [-0.25, -0.2) is 0 Å². The lowest BCUT2D eigenvalue weighted by molar-refractivity contribution is 0.573. The Labute approximate surface area is 327 Å². The molecule has 0 unspecified atom stereocenters. The fourth-order valence-electron chi connectivity index (χ4n) is 8.27. The van der Waals surface area contributed by atoms with Crippen LogP contribution in [0.5, 0.6) is 0 Å². The maximum atomic E-state index is 6.72. The Bertz CT molecular complexity index is 3070. The number of anilines is 2. The Kier molecular flexibility index (Phi) is 8.08. The molecule has 0 radical (unpaired) electrons. The lowest BCUT2D eigenvalue weighted by Gasteiger charge is -2.19. The van der Waals surface area contributed by atoms with Crippen molar-refractivity contribution >= 4 is 54.9 Å². The molecule has 1 aromatic heterocycles. The maximum absolute atomic E-state index is 6.72. The van der Waals surface area contributed by atoms with Gasteiger partial charge in [-0.15, -0.1) is 0 Å². The number of rotatable bonds is 6. The molecule has 0 saturated carbocycles. The van der Waals surface area contributed by atoms with Crippen LogP contribution in [0.25, 0.3) is 88.0 Å². The predicted octanol–water partition coefficient (Wildman–Crippen LogP) is 15.6. The first-order valence-corrected chi connectivity index (χ1v) is 19.4. The van der Waals surface area contributed by atoms with E-state index in [0.717, 1.165) is 50.0 Å². The smallest absolute Gasteiger partial charge is 0.143 e. The predicted molar refractivity (Wildman–Crippen MR) is 239 cm³/mol. The van der Waals surface area contributed by atoms with Gasteiger partial charge in [0, 0.05) is 38.8 Å². The number of para-hydroxylation sites is 2. The lowest BCUT2D eigenvalue weighted by atomic mass is 9.86. The number of hydrogen-bond acceptors (Lipinski definition) is 2. The number of nitrogens with one attached hydrogen (secondary N) is 1. The van der Waals surface area contributed by atoms with Crippen LogP contribution in [0, 0.1) is 0 Å². The molecule has 10 aromatic rings. The van der Waals surface area contributed by atoms with Crippen molar-refractivity contribution in [3.63, 3.8) is 0 Å². The first-order valence-electron chi connectivity index (χ1n) is 19.4. The van der Waals surface area contributed by atoms with Crippen LogP contribution in [0.15, 0.2) is 192 Å². The van der Waals surface area contributed by atoms with Crippen molar-refractivity contribution in [1.82, 2.24) is 0 Å². The molecule has 2 heteroatoms. The second-order valence-corrected chi connectivity index (χ2v) is 15.9. The zero-order chi connectivity index (χ0) is 37.8. The molecule has 0 aliphatic heterocycles. The summed E-state index contributed by atoms with van der Waals surface area (Å²) in [4.78, 5) is 0. The van der Waals surface area contributed by atoms with Gasteiger partial charge in [0.1, 0.15) is 11.2 Å². The zero-order valence-electron chi connectivity index (χ0n) is 31.8. The summed E-state index contributed by atoms with van der Waals surface area (Å²) >= 11 is 0. The van der Waals surface area contributed by atoms with Gasteiger partial charge in [-0.1, -0.05) is 166 Å². The molecule has 10 rings (SSSR count). The van der Waals surface area contributed by atoms with Gasteiger partial charge < -0.3 is 9.73 Å². The van der Waals surface area contributed by atoms with Crippen LogP contribution in [0.2, 0.25) is 0 Å². The highest BCUT2D eigenvalue weighted by atomic mass is 16.3. The summed E-state index contributed by atoms with van der Waals surface area (Å²) in [6.45, 7) is 6.73. The summed E-state index contributed by atoms with van der Waals surface area (Å²) in [5, 5.41) is 11.1. The van der Waals surface area contributed by atoms with Crippen LogP contribution in [0.4, 0.5) is 11.4 Å². The van der Waals surface area contributed by atoms with E-state index in [1.165, 1.54) is 54.9 Å². The van der Waals surface area contributed by atoms with Crippen molar-refractivity contribution in [3.8, 4) is 44.5 Å². The molecule has 0 amide bonds. The minimum absolute atomic E-state index is 0.0257. The van der Waals surface area contributed by atoms with E-state index in [9.17, 15) is 0 Å². The molecule has 0 aliphatic rings. The van der Waals surface area contributed by atoms with Crippen molar-refractivity contribution in [2.45, 2.75) is 26.2 Å². The zero-order valence-corrected chi connectivity index (χ0v) is 31.8. The Morgan fingerprint density at radius 3 is 1.68 bits per heavy atom. The molecule has 1 N–H and O–H groups in total. The van der Waals surface area contributed by atoms with Crippen molar-refractivity contribution in [2.75, 3.05) is 5.32 Å². The first-order chi connectivity index (χ1) is 27.4. The highest BCUT2D eigenvalue weighted by molar-refractivity contribution is 6.10. The van der Waals surface area contributed by atoms with Crippen LogP contribution in [-0.2, 0) is 5.41 Å². The third kappa shape index (κ3) is 6.01. The van der Waals surface area contributed by atoms with E-state index < -0.39 is 0 Å². The molecular weight excluding hydrogens is 679 g/mol. The molecule has 0 atom stereocenters.